The van der Waals surface area contributed by atoms with E-state index in [-0.39, 0.29) is 31.4 Å². The predicted molar refractivity (Wildman–Crippen MR) is 89.6 cm³/mol. The Morgan fingerprint density at radius 1 is 1.48 bits per heavy atom. The van der Waals surface area contributed by atoms with Gasteiger partial charge in [0.05, 0.1) is 24.1 Å². The molecule has 0 spiro atoms. The van der Waals surface area contributed by atoms with Gasteiger partial charge in [-0.25, -0.2) is 13.4 Å². The zero-order valence-electron chi connectivity index (χ0n) is 13.5. The Morgan fingerprint density at radius 3 is 2.96 bits per heavy atom. The summed E-state index contributed by atoms with van der Waals surface area (Å²) in [5.74, 6) is -0.631. The van der Waals surface area contributed by atoms with Gasteiger partial charge >= 0.3 is 6.09 Å². The van der Waals surface area contributed by atoms with E-state index in [1.807, 2.05) is 0 Å². The molecule has 2 amide bonds. The van der Waals surface area contributed by atoms with E-state index in [4.69, 9.17) is 8.92 Å². The van der Waals surface area contributed by atoms with Crippen molar-refractivity contribution >= 4 is 34.3 Å². The summed E-state index contributed by atoms with van der Waals surface area (Å²) in [6.07, 6.45) is 1.09. The van der Waals surface area contributed by atoms with Gasteiger partial charge in [-0.3, -0.25) is 13.9 Å². The van der Waals surface area contributed by atoms with Crippen LogP contribution in [0.2, 0.25) is 0 Å². The molecule has 3 rings (SSSR count). The first-order valence-electron chi connectivity index (χ1n) is 7.66. The maximum absolute atomic E-state index is 14.6. The molecule has 0 radical (unpaired) electrons. The zero-order chi connectivity index (χ0) is 18.0. The summed E-state index contributed by atoms with van der Waals surface area (Å²) in [5, 5.41) is 2.63. The van der Waals surface area contributed by atoms with E-state index >= 15 is 0 Å². The average molecular weight is 368 g/mol. The zero-order valence-corrected chi connectivity index (χ0v) is 14.3. The summed E-state index contributed by atoms with van der Waals surface area (Å²) in [6.45, 7) is 1.87. The van der Waals surface area contributed by atoms with Crippen molar-refractivity contribution in [2.24, 2.45) is 0 Å². The molecule has 1 fully saturated rings. The Hall–Kier alpha value is -2.26. The van der Waals surface area contributed by atoms with Gasteiger partial charge in [0.1, 0.15) is 12.4 Å². The highest BCUT2D eigenvalue weighted by molar-refractivity contribution is 7.80. The van der Waals surface area contributed by atoms with Crippen molar-refractivity contribution in [3.8, 4) is 0 Å². The van der Waals surface area contributed by atoms with Crippen LogP contribution in [-0.2, 0) is 24.8 Å². The fourth-order valence-electron chi connectivity index (χ4n) is 2.73. The van der Waals surface area contributed by atoms with Crippen molar-refractivity contribution in [1.29, 1.82) is 0 Å². The molecule has 134 valence electrons. The molecule has 1 aromatic carbocycles. The minimum Gasteiger partial charge on any atom is -0.447 e. The predicted octanol–water partition coefficient (Wildman–Crippen LogP) is 1.36. The Balaban J connectivity index is 1.83. The topological polar surface area (TPSA) is 84.9 Å². The number of rotatable bonds is 4. The average Bonchev–Trinajstić information content (AvgIpc) is 2.93. The SMILES string of the molecule is CC(=O)NCC1COC(=O)N1c1ccc(C2=CCOS(=O)C2)c(F)c1. The fraction of sp³-hybridized carbons (Fsp3) is 0.375. The Kier molecular flexibility index (Phi) is 5.14. The van der Waals surface area contributed by atoms with Crippen LogP contribution in [0.25, 0.3) is 5.57 Å². The molecule has 2 heterocycles. The highest BCUT2D eigenvalue weighted by atomic mass is 32.2. The van der Waals surface area contributed by atoms with Gasteiger partial charge in [0, 0.05) is 19.0 Å². The summed E-state index contributed by atoms with van der Waals surface area (Å²) in [6, 6.07) is 3.98. The first-order chi connectivity index (χ1) is 12.0. The number of halogens is 1. The minimum atomic E-state index is -1.46. The molecule has 0 aliphatic carbocycles. The molecule has 0 saturated carbocycles. The first kappa shape index (κ1) is 17.6. The largest absolute Gasteiger partial charge is 0.447 e. The summed E-state index contributed by atoms with van der Waals surface area (Å²) in [5.41, 5.74) is 1.27. The van der Waals surface area contributed by atoms with Crippen LogP contribution in [-0.4, -0.2) is 47.8 Å². The van der Waals surface area contributed by atoms with E-state index in [0.717, 1.165) is 0 Å². The van der Waals surface area contributed by atoms with E-state index in [2.05, 4.69) is 5.32 Å². The Labute approximate surface area is 146 Å². The molecule has 1 N–H and O–H groups in total. The molecule has 1 aromatic rings. The number of carbonyl (C=O) groups excluding carboxylic acids is 2. The second-order valence-corrected chi connectivity index (χ2v) is 6.80. The molecule has 9 heteroatoms. The van der Waals surface area contributed by atoms with Crippen molar-refractivity contribution in [2.75, 3.05) is 30.4 Å². The van der Waals surface area contributed by atoms with Gasteiger partial charge in [-0.15, -0.1) is 0 Å². The molecule has 2 unspecified atom stereocenters. The number of amides is 2. The van der Waals surface area contributed by atoms with Gasteiger partial charge < -0.3 is 10.1 Å². The van der Waals surface area contributed by atoms with Crippen LogP contribution in [0.1, 0.15) is 12.5 Å². The molecular formula is C16H17FN2O5S. The van der Waals surface area contributed by atoms with Crippen molar-refractivity contribution in [2.45, 2.75) is 13.0 Å². The molecule has 2 atom stereocenters. The number of nitrogens with one attached hydrogen (secondary N) is 1. The number of ether oxygens (including phenoxy) is 1. The molecule has 2 aliphatic heterocycles. The van der Waals surface area contributed by atoms with Gasteiger partial charge in [-0.1, -0.05) is 6.08 Å². The van der Waals surface area contributed by atoms with Crippen molar-refractivity contribution in [1.82, 2.24) is 5.32 Å². The second-order valence-electron chi connectivity index (χ2n) is 5.66. The lowest BCUT2D eigenvalue weighted by molar-refractivity contribution is -0.119. The van der Waals surface area contributed by atoms with Gasteiger partial charge in [-0.2, -0.15) is 0 Å². The van der Waals surface area contributed by atoms with E-state index < -0.39 is 29.0 Å². The van der Waals surface area contributed by atoms with Crippen molar-refractivity contribution in [3.63, 3.8) is 0 Å². The van der Waals surface area contributed by atoms with Crippen LogP contribution in [0, 0.1) is 5.82 Å². The third-order valence-corrected chi connectivity index (χ3v) is 4.87. The maximum atomic E-state index is 14.6. The number of benzene rings is 1. The van der Waals surface area contributed by atoms with Crippen molar-refractivity contribution < 1.29 is 27.1 Å². The lowest BCUT2D eigenvalue weighted by Crippen LogP contribution is -2.42. The number of nitrogens with zero attached hydrogens (tertiary/aromatic N) is 1. The van der Waals surface area contributed by atoms with E-state index in [1.165, 1.54) is 17.9 Å². The third-order valence-electron chi connectivity index (χ3n) is 3.93. The standard InChI is InChI=1S/C16H17FN2O5S/c1-10(20)18-7-13-8-23-16(21)19(13)12-2-3-14(15(17)6-12)11-4-5-24-25(22)9-11/h2-4,6,13H,5,7-9H2,1H3,(H,18,20). The van der Waals surface area contributed by atoms with Gasteiger partial charge in [0.2, 0.25) is 5.91 Å². The van der Waals surface area contributed by atoms with Crippen LogP contribution >= 0.6 is 0 Å². The van der Waals surface area contributed by atoms with E-state index in [9.17, 15) is 18.2 Å². The minimum absolute atomic E-state index is 0.115. The van der Waals surface area contributed by atoms with Gasteiger partial charge in [0.25, 0.3) is 0 Å². The van der Waals surface area contributed by atoms with Gasteiger partial charge in [-0.05, 0) is 23.8 Å². The summed E-state index contributed by atoms with van der Waals surface area (Å²) in [4.78, 5) is 24.4. The molecule has 7 nitrogen and oxygen atoms in total. The highest BCUT2D eigenvalue weighted by Gasteiger charge is 2.34. The molecule has 1 saturated heterocycles. The Morgan fingerprint density at radius 2 is 2.28 bits per heavy atom. The Bertz CT molecular complexity index is 767. The first-order valence-corrected chi connectivity index (χ1v) is 8.91. The van der Waals surface area contributed by atoms with E-state index in [0.29, 0.717) is 16.8 Å². The summed E-state index contributed by atoms with van der Waals surface area (Å²) in [7, 11) is 0. The van der Waals surface area contributed by atoms with Crippen LogP contribution in [0.3, 0.4) is 0 Å². The lowest BCUT2D eigenvalue weighted by atomic mass is 10.1. The van der Waals surface area contributed by atoms with E-state index in [1.54, 1.807) is 18.2 Å². The summed E-state index contributed by atoms with van der Waals surface area (Å²) >= 11 is -1.46. The van der Waals surface area contributed by atoms with Crippen LogP contribution < -0.4 is 10.2 Å². The number of hydrogen-bond acceptors (Lipinski definition) is 5. The molecular weight excluding hydrogens is 351 g/mol. The number of anilines is 1. The molecule has 2 aliphatic rings. The molecule has 0 bridgehead atoms. The highest BCUT2D eigenvalue weighted by Crippen LogP contribution is 2.29. The lowest BCUT2D eigenvalue weighted by Gasteiger charge is -2.22. The molecule has 25 heavy (non-hydrogen) atoms. The monoisotopic (exact) mass is 368 g/mol. The smallest absolute Gasteiger partial charge is 0.414 e. The summed E-state index contributed by atoms with van der Waals surface area (Å²) < 4.78 is 36.0. The second kappa shape index (κ2) is 7.32. The molecule has 0 aromatic heterocycles. The number of carbonyl (C=O) groups is 2. The van der Waals surface area contributed by atoms with Gasteiger partial charge in [0.15, 0.2) is 11.1 Å². The maximum Gasteiger partial charge on any atom is 0.414 e. The third kappa shape index (κ3) is 3.88. The van der Waals surface area contributed by atoms with Crippen molar-refractivity contribution in [3.05, 3.63) is 35.7 Å². The van der Waals surface area contributed by atoms with Crippen LogP contribution in [0.4, 0.5) is 14.9 Å². The van der Waals surface area contributed by atoms with Crippen LogP contribution in [0.15, 0.2) is 24.3 Å². The quantitative estimate of drug-likeness (QED) is 0.868. The normalized spacial score (nSPS) is 23.2. The fourth-order valence-corrected chi connectivity index (χ4v) is 3.56. The number of cyclic esters (lactones) is 1. The number of hydrogen-bond donors (Lipinski definition) is 1. The van der Waals surface area contributed by atoms with Crippen LogP contribution in [0.5, 0.6) is 0 Å².